The van der Waals surface area contributed by atoms with Gasteiger partial charge in [0, 0.05) is 6.07 Å². The van der Waals surface area contributed by atoms with Gasteiger partial charge in [0.25, 0.3) is 0 Å². The third-order valence-corrected chi connectivity index (χ3v) is 2.02. The summed E-state index contributed by atoms with van der Waals surface area (Å²) in [6.07, 6.45) is 3.30. The lowest BCUT2D eigenvalue weighted by atomic mass is 10.2. The van der Waals surface area contributed by atoms with Crippen LogP contribution in [0.4, 0.5) is 0 Å². The van der Waals surface area contributed by atoms with Crippen molar-refractivity contribution in [2.75, 3.05) is 0 Å². The fourth-order valence-electron chi connectivity index (χ4n) is 1.22. The van der Waals surface area contributed by atoms with Gasteiger partial charge in [-0.15, -0.1) is 0 Å². The minimum Gasteiger partial charge on any atom is -0.476 e. The van der Waals surface area contributed by atoms with Crippen molar-refractivity contribution in [1.29, 1.82) is 0 Å². The number of allylic oxidation sites excluding steroid dienone is 1. The molecule has 2 aromatic heterocycles. The van der Waals surface area contributed by atoms with Crippen molar-refractivity contribution in [2.24, 2.45) is 0 Å². The summed E-state index contributed by atoms with van der Waals surface area (Å²) in [6.45, 7) is 1.79. The molecular formula is C11H9NO4. The van der Waals surface area contributed by atoms with E-state index in [9.17, 15) is 4.79 Å². The number of carboxylic acid groups (broad SMARTS) is 1. The van der Waals surface area contributed by atoms with E-state index in [2.05, 4.69) is 5.16 Å². The molecule has 0 bridgehead atoms. The molecule has 2 heterocycles. The zero-order chi connectivity index (χ0) is 11.5. The van der Waals surface area contributed by atoms with Crippen LogP contribution in [0.5, 0.6) is 0 Å². The molecule has 0 aliphatic heterocycles. The molecule has 0 amide bonds. The maximum Gasteiger partial charge on any atom is 0.358 e. The second-order valence-corrected chi connectivity index (χ2v) is 3.22. The van der Waals surface area contributed by atoms with Gasteiger partial charge in [-0.1, -0.05) is 5.16 Å². The van der Waals surface area contributed by atoms with Crippen LogP contribution in [0.15, 0.2) is 33.4 Å². The van der Waals surface area contributed by atoms with Crippen LogP contribution in [0.3, 0.4) is 0 Å². The topological polar surface area (TPSA) is 76.5 Å². The molecule has 16 heavy (non-hydrogen) atoms. The number of nitrogens with zero attached hydrogens (tertiary/aromatic N) is 1. The summed E-state index contributed by atoms with van der Waals surface area (Å²) >= 11 is 0. The average Bonchev–Trinajstić information content (AvgIpc) is 2.86. The standard InChI is InChI=1S/C11H9NO4/c1-7(5-8-3-2-4-15-8)10-6-9(11(13)14)12-16-10/h2-6H,1H3,(H,13,14)/b7-5+. The van der Waals surface area contributed by atoms with Crippen LogP contribution in [0.1, 0.15) is 28.9 Å². The van der Waals surface area contributed by atoms with E-state index < -0.39 is 5.97 Å². The highest BCUT2D eigenvalue weighted by molar-refractivity contribution is 5.87. The Morgan fingerprint density at radius 1 is 1.56 bits per heavy atom. The Kier molecular flexibility index (Phi) is 2.59. The van der Waals surface area contributed by atoms with Crippen LogP contribution in [-0.4, -0.2) is 16.2 Å². The number of carboxylic acids is 1. The molecule has 5 nitrogen and oxygen atoms in total. The summed E-state index contributed by atoms with van der Waals surface area (Å²) < 4.78 is 10.0. The van der Waals surface area contributed by atoms with Crippen molar-refractivity contribution in [3.05, 3.63) is 41.7 Å². The molecule has 0 aliphatic carbocycles. The predicted octanol–water partition coefficient (Wildman–Crippen LogP) is 2.53. The Hall–Kier alpha value is -2.30. The van der Waals surface area contributed by atoms with Gasteiger partial charge in [-0.05, 0) is 30.7 Å². The zero-order valence-corrected chi connectivity index (χ0v) is 8.51. The van der Waals surface area contributed by atoms with Gasteiger partial charge in [-0.2, -0.15) is 0 Å². The maximum atomic E-state index is 10.6. The molecule has 0 atom stereocenters. The minimum atomic E-state index is -1.11. The number of aromatic nitrogens is 1. The molecule has 0 unspecified atom stereocenters. The molecule has 0 spiro atoms. The van der Waals surface area contributed by atoms with E-state index in [0.717, 1.165) is 5.57 Å². The smallest absolute Gasteiger partial charge is 0.358 e. The Bertz CT molecular complexity index is 522. The van der Waals surface area contributed by atoms with Gasteiger partial charge in [0.15, 0.2) is 11.5 Å². The van der Waals surface area contributed by atoms with Crippen molar-refractivity contribution in [3.8, 4) is 0 Å². The quantitative estimate of drug-likeness (QED) is 0.858. The minimum absolute atomic E-state index is 0.109. The van der Waals surface area contributed by atoms with E-state index in [1.807, 2.05) is 0 Å². The van der Waals surface area contributed by atoms with Gasteiger partial charge in [-0.25, -0.2) is 4.79 Å². The lowest BCUT2D eigenvalue weighted by molar-refractivity contribution is 0.0685. The highest BCUT2D eigenvalue weighted by Crippen LogP contribution is 2.18. The monoisotopic (exact) mass is 219 g/mol. The van der Waals surface area contributed by atoms with E-state index in [-0.39, 0.29) is 5.69 Å². The zero-order valence-electron chi connectivity index (χ0n) is 8.51. The van der Waals surface area contributed by atoms with Gasteiger partial charge in [0.05, 0.1) is 6.26 Å². The SMILES string of the molecule is C/C(=C\c1ccco1)c1cc(C(=O)O)no1. The Balaban J connectivity index is 2.27. The molecule has 2 aromatic rings. The number of hydrogen-bond donors (Lipinski definition) is 1. The van der Waals surface area contributed by atoms with Crippen molar-refractivity contribution < 1.29 is 18.8 Å². The van der Waals surface area contributed by atoms with Crippen LogP contribution >= 0.6 is 0 Å². The van der Waals surface area contributed by atoms with Crippen LogP contribution in [-0.2, 0) is 0 Å². The molecule has 5 heteroatoms. The third-order valence-electron chi connectivity index (χ3n) is 2.02. The summed E-state index contributed by atoms with van der Waals surface area (Å²) in [5, 5.41) is 12.1. The second-order valence-electron chi connectivity index (χ2n) is 3.22. The first kappa shape index (κ1) is 10.2. The van der Waals surface area contributed by atoms with Gasteiger partial charge in [-0.3, -0.25) is 0 Å². The van der Waals surface area contributed by atoms with Crippen molar-refractivity contribution in [3.63, 3.8) is 0 Å². The summed E-state index contributed by atoms with van der Waals surface area (Å²) in [4.78, 5) is 10.6. The van der Waals surface area contributed by atoms with Crippen molar-refractivity contribution in [1.82, 2.24) is 5.16 Å². The number of rotatable bonds is 3. The van der Waals surface area contributed by atoms with Gasteiger partial charge < -0.3 is 14.0 Å². The summed E-state index contributed by atoms with van der Waals surface area (Å²) in [7, 11) is 0. The molecule has 0 aliphatic rings. The molecule has 0 saturated carbocycles. The van der Waals surface area contributed by atoms with E-state index >= 15 is 0 Å². The Labute approximate surface area is 91.0 Å². The summed E-state index contributed by atoms with van der Waals surface area (Å²) in [6, 6.07) is 4.93. The number of hydrogen-bond acceptors (Lipinski definition) is 4. The Morgan fingerprint density at radius 2 is 2.38 bits per heavy atom. The van der Waals surface area contributed by atoms with E-state index in [1.165, 1.54) is 6.07 Å². The fourth-order valence-corrected chi connectivity index (χ4v) is 1.22. The molecule has 0 saturated heterocycles. The molecule has 0 aromatic carbocycles. The highest BCUT2D eigenvalue weighted by Gasteiger charge is 2.11. The number of aromatic carboxylic acids is 1. The highest BCUT2D eigenvalue weighted by atomic mass is 16.5. The predicted molar refractivity (Wildman–Crippen MR) is 55.7 cm³/mol. The van der Waals surface area contributed by atoms with Crippen molar-refractivity contribution >= 4 is 17.6 Å². The van der Waals surface area contributed by atoms with Crippen LogP contribution in [0.25, 0.3) is 11.6 Å². The normalized spacial score (nSPS) is 11.7. The number of furan rings is 1. The lowest BCUT2D eigenvalue weighted by Gasteiger charge is -1.91. The first-order valence-corrected chi connectivity index (χ1v) is 4.59. The first-order valence-electron chi connectivity index (χ1n) is 4.59. The largest absolute Gasteiger partial charge is 0.476 e. The molecule has 0 radical (unpaired) electrons. The summed E-state index contributed by atoms with van der Waals surface area (Å²) in [5.74, 6) is -0.0274. The van der Waals surface area contributed by atoms with E-state index in [4.69, 9.17) is 14.0 Å². The Morgan fingerprint density at radius 3 is 2.94 bits per heavy atom. The number of carbonyl (C=O) groups is 1. The fraction of sp³-hybridized carbons (Fsp3) is 0.0909. The lowest BCUT2D eigenvalue weighted by Crippen LogP contribution is -1.94. The van der Waals surface area contributed by atoms with Gasteiger partial charge >= 0.3 is 5.97 Å². The molecule has 2 rings (SSSR count). The molecule has 0 fully saturated rings. The second kappa shape index (κ2) is 4.06. The van der Waals surface area contributed by atoms with Gasteiger partial charge in [0.2, 0.25) is 0 Å². The van der Waals surface area contributed by atoms with E-state index in [1.54, 1.807) is 31.4 Å². The molecule has 1 N–H and O–H groups in total. The first-order chi connectivity index (χ1) is 7.66. The summed E-state index contributed by atoms with van der Waals surface area (Å²) in [5.41, 5.74) is 0.636. The molecule has 82 valence electrons. The van der Waals surface area contributed by atoms with Crippen LogP contribution < -0.4 is 0 Å². The average molecular weight is 219 g/mol. The van der Waals surface area contributed by atoms with Crippen molar-refractivity contribution in [2.45, 2.75) is 6.92 Å². The third kappa shape index (κ3) is 2.03. The van der Waals surface area contributed by atoms with Crippen LogP contribution in [0.2, 0.25) is 0 Å². The van der Waals surface area contributed by atoms with E-state index in [0.29, 0.717) is 11.5 Å². The molecular weight excluding hydrogens is 210 g/mol. The van der Waals surface area contributed by atoms with Gasteiger partial charge in [0.1, 0.15) is 5.76 Å². The van der Waals surface area contributed by atoms with Crippen LogP contribution in [0, 0.1) is 0 Å². The maximum absolute atomic E-state index is 10.6.